The van der Waals surface area contributed by atoms with Gasteiger partial charge in [-0.1, -0.05) is 23.2 Å². The summed E-state index contributed by atoms with van der Waals surface area (Å²) in [6.45, 7) is -0.228. The van der Waals surface area contributed by atoms with E-state index < -0.39 is 6.10 Å². The summed E-state index contributed by atoms with van der Waals surface area (Å²) in [7, 11) is 0. The minimum atomic E-state index is -0.700. The summed E-state index contributed by atoms with van der Waals surface area (Å²) in [5.74, 6) is 0.439. The normalized spacial score (nSPS) is 12.9. The maximum absolute atomic E-state index is 9.11. The van der Waals surface area contributed by atoms with Crippen LogP contribution in [-0.4, -0.2) is 28.7 Å². The molecular formula is C9H10Cl2O2S. The topological polar surface area (TPSA) is 40.5 Å². The summed E-state index contributed by atoms with van der Waals surface area (Å²) >= 11 is 13.0. The first-order valence-electron chi connectivity index (χ1n) is 4.00. The fourth-order valence-corrected chi connectivity index (χ4v) is 2.03. The van der Waals surface area contributed by atoms with Gasteiger partial charge < -0.3 is 10.2 Å². The van der Waals surface area contributed by atoms with Crippen molar-refractivity contribution in [2.45, 2.75) is 11.0 Å². The number of aliphatic hydroxyl groups is 2. The summed E-state index contributed by atoms with van der Waals surface area (Å²) in [4.78, 5) is 0.923. The van der Waals surface area contributed by atoms with Crippen LogP contribution in [0.25, 0.3) is 0 Å². The van der Waals surface area contributed by atoms with E-state index in [0.29, 0.717) is 15.8 Å². The van der Waals surface area contributed by atoms with Crippen LogP contribution in [-0.2, 0) is 0 Å². The van der Waals surface area contributed by atoms with Crippen molar-refractivity contribution in [3.05, 3.63) is 28.2 Å². The Morgan fingerprint density at radius 1 is 1.29 bits per heavy atom. The monoisotopic (exact) mass is 252 g/mol. The van der Waals surface area contributed by atoms with E-state index >= 15 is 0 Å². The van der Waals surface area contributed by atoms with Crippen molar-refractivity contribution >= 4 is 35.0 Å². The Hall–Kier alpha value is 0.0700. The lowest BCUT2D eigenvalue weighted by Crippen LogP contribution is -2.14. The molecule has 2 N–H and O–H groups in total. The first kappa shape index (κ1) is 12.1. The van der Waals surface area contributed by atoms with Crippen LogP contribution in [0.5, 0.6) is 0 Å². The number of benzene rings is 1. The van der Waals surface area contributed by atoms with Crippen LogP contribution >= 0.6 is 35.0 Å². The molecular weight excluding hydrogens is 243 g/mol. The first-order valence-corrected chi connectivity index (χ1v) is 5.74. The third kappa shape index (κ3) is 3.67. The van der Waals surface area contributed by atoms with Gasteiger partial charge in [0.25, 0.3) is 0 Å². The lowest BCUT2D eigenvalue weighted by Gasteiger charge is -2.06. The van der Waals surface area contributed by atoms with E-state index in [1.165, 1.54) is 11.8 Å². The van der Waals surface area contributed by atoms with E-state index in [1.54, 1.807) is 12.1 Å². The Balaban J connectivity index is 2.55. The number of aliphatic hydroxyl groups excluding tert-OH is 2. The Kier molecular flexibility index (Phi) is 5.06. The van der Waals surface area contributed by atoms with Crippen molar-refractivity contribution in [2.24, 2.45) is 0 Å². The Morgan fingerprint density at radius 2 is 2.00 bits per heavy atom. The van der Waals surface area contributed by atoms with Crippen LogP contribution in [0.2, 0.25) is 10.0 Å². The van der Waals surface area contributed by atoms with Crippen molar-refractivity contribution in [1.82, 2.24) is 0 Å². The number of thioether (sulfide) groups is 1. The second kappa shape index (κ2) is 5.83. The summed E-state index contributed by atoms with van der Waals surface area (Å²) in [6, 6.07) is 5.26. The molecule has 14 heavy (non-hydrogen) atoms. The van der Waals surface area contributed by atoms with Crippen LogP contribution in [0.1, 0.15) is 0 Å². The second-order valence-electron chi connectivity index (χ2n) is 2.72. The lowest BCUT2D eigenvalue weighted by molar-refractivity contribution is 0.113. The molecule has 1 aromatic rings. The van der Waals surface area contributed by atoms with E-state index in [2.05, 4.69) is 0 Å². The van der Waals surface area contributed by atoms with Crippen LogP contribution < -0.4 is 0 Å². The highest BCUT2D eigenvalue weighted by atomic mass is 35.5. The molecule has 0 aliphatic heterocycles. The van der Waals surface area contributed by atoms with Gasteiger partial charge in [-0.25, -0.2) is 0 Å². The Morgan fingerprint density at radius 3 is 2.57 bits per heavy atom. The zero-order chi connectivity index (χ0) is 10.6. The van der Waals surface area contributed by atoms with Gasteiger partial charge in [-0.15, -0.1) is 11.8 Å². The maximum Gasteiger partial charge on any atom is 0.0864 e. The van der Waals surface area contributed by atoms with Gasteiger partial charge in [-0.2, -0.15) is 0 Å². The fourth-order valence-electron chi connectivity index (χ4n) is 0.812. The fraction of sp³-hybridized carbons (Fsp3) is 0.333. The van der Waals surface area contributed by atoms with Crippen LogP contribution in [0.4, 0.5) is 0 Å². The van der Waals surface area contributed by atoms with Crippen molar-refractivity contribution in [2.75, 3.05) is 12.4 Å². The molecule has 1 aromatic carbocycles. The first-order chi connectivity index (χ1) is 6.63. The molecule has 0 aliphatic rings. The molecule has 0 aromatic heterocycles. The third-order valence-corrected chi connectivity index (χ3v) is 3.42. The largest absolute Gasteiger partial charge is 0.394 e. The van der Waals surface area contributed by atoms with E-state index in [-0.39, 0.29) is 6.61 Å². The molecule has 2 nitrogen and oxygen atoms in total. The van der Waals surface area contributed by atoms with Crippen LogP contribution in [0.3, 0.4) is 0 Å². The quantitative estimate of drug-likeness (QED) is 0.810. The smallest absolute Gasteiger partial charge is 0.0864 e. The number of hydrogen-bond donors (Lipinski definition) is 2. The SMILES string of the molecule is OCC(O)CSc1ccc(Cl)c(Cl)c1. The third-order valence-electron chi connectivity index (χ3n) is 1.54. The van der Waals surface area contributed by atoms with Gasteiger partial charge in [0.15, 0.2) is 0 Å². The maximum atomic E-state index is 9.11. The predicted molar refractivity (Wildman–Crippen MR) is 60.3 cm³/mol. The molecule has 5 heteroatoms. The lowest BCUT2D eigenvalue weighted by atomic mass is 10.4. The number of rotatable bonds is 4. The number of halogens is 2. The van der Waals surface area contributed by atoms with E-state index in [4.69, 9.17) is 33.4 Å². The Bertz CT molecular complexity index is 307. The minimum Gasteiger partial charge on any atom is -0.394 e. The molecule has 0 fully saturated rings. The van der Waals surface area contributed by atoms with Crippen molar-refractivity contribution < 1.29 is 10.2 Å². The number of hydrogen-bond acceptors (Lipinski definition) is 3. The summed E-state index contributed by atoms with van der Waals surface area (Å²) < 4.78 is 0. The molecule has 1 rings (SSSR count). The molecule has 0 spiro atoms. The van der Waals surface area contributed by atoms with Gasteiger partial charge in [-0.3, -0.25) is 0 Å². The summed E-state index contributed by atoms with van der Waals surface area (Å²) in [6.07, 6.45) is -0.700. The standard InChI is InChI=1S/C9H10Cl2O2S/c10-8-2-1-7(3-9(8)11)14-5-6(13)4-12/h1-3,6,12-13H,4-5H2. The zero-order valence-electron chi connectivity index (χ0n) is 7.28. The summed E-state index contributed by atoms with van der Waals surface area (Å²) in [5, 5.41) is 18.7. The molecule has 1 unspecified atom stereocenters. The highest BCUT2D eigenvalue weighted by molar-refractivity contribution is 7.99. The zero-order valence-corrected chi connectivity index (χ0v) is 9.61. The van der Waals surface area contributed by atoms with Crippen molar-refractivity contribution in [3.63, 3.8) is 0 Å². The van der Waals surface area contributed by atoms with Crippen molar-refractivity contribution in [3.8, 4) is 0 Å². The van der Waals surface area contributed by atoms with E-state index in [9.17, 15) is 0 Å². The molecule has 1 atom stereocenters. The van der Waals surface area contributed by atoms with Gasteiger partial charge >= 0.3 is 0 Å². The van der Waals surface area contributed by atoms with Gasteiger partial charge in [-0.05, 0) is 18.2 Å². The molecule has 0 saturated heterocycles. The summed E-state index contributed by atoms with van der Waals surface area (Å²) in [5.41, 5.74) is 0. The minimum absolute atomic E-state index is 0.228. The average molecular weight is 253 g/mol. The van der Waals surface area contributed by atoms with E-state index in [0.717, 1.165) is 4.90 Å². The van der Waals surface area contributed by atoms with E-state index in [1.807, 2.05) is 6.07 Å². The highest BCUT2D eigenvalue weighted by Gasteiger charge is 2.04. The molecule has 0 heterocycles. The molecule has 78 valence electrons. The molecule has 0 aliphatic carbocycles. The highest BCUT2D eigenvalue weighted by Crippen LogP contribution is 2.28. The van der Waals surface area contributed by atoms with Gasteiger partial charge in [0.1, 0.15) is 0 Å². The molecule has 0 radical (unpaired) electrons. The second-order valence-corrected chi connectivity index (χ2v) is 4.63. The Labute approximate surface area is 96.8 Å². The van der Waals surface area contributed by atoms with Gasteiger partial charge in [0, 0.05) is 10.6 Å². The molecule has 0 saturated carbocycles. The van der Waals surface area contributed by atoms with Gasteiger partial charge in [0.2, 0.25) is 0 Å². The molecule has 0 bridgehead atoms. The average Bonchev–Trinajstić information content (AvgIpc) is 2.19. The van der Waals surface area contributed by atoms with Crippen LogP contribution in [0, 0.1) is 0 Å². The van der Waals surface area contributed by atoms with Crippen molar-refractivity contribution in [1.29, 1.82) is 0 Å². The van der Waals surface area contributed by atoms with Gasteiger partial charge in [0.05, 0.1) is 22.8 Å². The molecule has 0 amide bonds. The predicted octanol–water partition coefficient (Wildman–Crippen LogP) is 2.44. The van der Waals surface area contributed by atoms with Crippen LogP contribution in [0.15, 0.2) is 23.1 Å².